The maximum atomic E-state index is 11.5. The third kappa shape index (κ3) is 1.25. The van der Waals surface area contributed by atoms with Crippen molar-refractivity contribution in [1.82, 2.24) is 9.78 Å². The Morgan fingerprint density at radius 2 is 2.00 bits per heavy atom. The number of hydrogen-bond donors (Lipinski definition) is 0. The van der Waals surface area contributed by atoms with E-state index in [1.165, 1.54) is 11.3 Å². The van der Waals surface area contributed by atoms with Crippen molar-refractivity contribution < 1.29 is 4.79 Å². The van der Waals surface area contributed by atoms with Gasteiger partial charge in [-0.3, -0.25) is 9.48 Å². The van der Waals surface area contributed by atoms with E-state index in [1.54, 1.807) is 0 Å². The molecule has 1 atom stereocenters. The van der Waals surface area contributed by atoms with Gasteiger partial charge in [0.25, 0.3) is 0 Å². The fraction of sp³-hybridized carbons (Fsp3) is 0.667. The van der Waals surface area contributed by atoms with Crippen molar-refractivity contribution in [2.24, 2.45) is 12.5 Å². The minimum Gasteiger partial charge on any atom is -0.299 e. The maximum absolute atomic E-state index is 11.5. The molecule has 3 heteroatoms. The summed E-state index contributed by atoms with van der Waals surface area (Å²) in [5.74, 6) is 0.730. The van der Waals surface area contributed by atoms with Gasteiger partial charge in [-0.2, -0.15) is 5.10 Å². The molecule has 0 bridgehead atoms. The van der Waals surface area contributed by atoms with Crippen LogP contribution in [0.1, 0.15) is 43.1 Å². The highest BCUT2D eigenvalue weighted by molar-refractivity contribution is 5.92. The first-order valence-corrected chi connectivity index (χ1v) is 5.39. The molecule has 0 N–H and O–H groups in total. The molecule has 1 fully saturated rings. The Morgan fingerprint density at radius 3 is 2.33 bits per heavy atom. The van der Waals surface area contributed by atoms with Gasteiger partial charge in [0.2, 0.25) is 0 Å². The van der Waals surface area contributed by atoms with Crippen LogP contribution < -0.4 is 0 Å². The van der Waals surface area contributed by atoms with Gasteiger partial charge in [0.15, 0.2) is 0 Å². The van der Waals surface area contributed by atoms with Crippen LogP contribution in [0.15, 0.2) is 0 Å². The van der Waals surface area contributed by atoms with Crippen LogP contribution in [-0.2, 0) is 11.8 Å². The number of Topliss-reactive ketones (excluding diaryl/α,β-unsaturated/α-hetero) is 1. The summed E-state index contributed by atoms with van der Waals surface area (Å²) in [5.41, 5.74) is 3.35. The van der Waals surface area contributed by atoms with Crippen LogP contribution in [0.25, 0.3) is 0 Å². The number of nitrogens with zero attached hydrogens (tertiary/aromatic N) is 2. The molecule has 0 aliphatic heterocycles. The molecule has 1 aromatic rings. The van der Waals surface area contributed by atoms with Gasteiger partial charge in [0.05, 0.1) is 5.69 Å². The number of rotatable bonds is 1. The second-order valence-corrected chi connectivity index (χ2v) is 5.11. The molecule has 0 amide bonds. The van der Waals surface area contributed by atoms with Gasteiger partial charge in [-0.05, 0) is 13.8 Å². The average molecular weight is 206 g/mol. The Labute approximate surface area is 90.5 Å². The van der Waals surface area contributed by atoms with E-state index in [0.717, 1.165) is 5.69 Å². The first-order valence-electron chi connectivity index (χ1n) is 5.39. The summed E-state index contributed by atoms with van der Waals surface area (Å²) in [5, 5.41) is 4.41. The second kappa shape index (κ2) is 2.94. The van der Waals surface area contributed by atoms with E-state index in [2.05, 4.69) is 12.0 Å². The predicted molar refractivity (Wildman–Crippen MR) is 58.8 cm³/mol. The van der Waals surface area contributed by atoms with E-state index < -0.39 is 0 Å². The van der Waals surface area contributed by atoms with Crippen LogP contribution in [0, 0.1) is 19.3 Å². The summed E-state index contributed by atoms with van der Waals surface area (Å²) in [6.07, 6.45) is 0.681. The van der Waals surface area contributed by atoms with Crippen molar-refractivity contribution in [2.75, 3.05) is 0 Å². The molecule has 82 valence electrons. The number of aryl methyl sites for hydroxylation is 2. The lowest BCUT2D eigenvalue weighted by molar-refractivity contribution is -0.138. The molecule has 15 heavy (non-hydrogen) atoms. The monoisotopic (exact) mass is 206 g/mol. The Hall–Kier alpha value is -1.12. The summed E-state index contributed by atoms with van der Waals surface area (Å²) in [6.45, 7) is 8.18. The zero-order valence-corrected chi connectivity index (χ0v) is 10.1. The van der Waals surface area contributed by atoms with E-state index in [0.29, 0.717) is 18.1 Å². The minimum absolute atomic E-state index is 0.196. The first kappa shape index (κ1) is 10.4. The molecule has 1 saturated carbocycles. The zero-order valence-electron chi connectivity index (χ0n) is 10.1. The fourth-order valence-electron chi connectivity index (χ4n) is 2.52. The highest BCUT2D eigenvalue weighted by Crippen LogP contribution is 2.50. The number of ketones is 1. The topological polar surface area (TPSA) is 34.9 Å². The van der Waals surface area contributed by atoms with Crippen LogP contribution in [0.2, 0.25) is 0 Å². The number of carbonyl (C=O) groups excluding carboxylic acids is 1. The van der Waals surface area contributed by atoms with Gasteiger partial charge in [0, 0.05) is 36.1 Å². The standard InChI is InChI=1S/C12H18N2O/c1-7-11(8(2)14(5)13-7)9-6-10(15)12(9,3)4/h9H,6H2,1-5H3. The van der Waals surface area contributed by atoms with Crippen molar-refractivity contribution in [2.45, 2.75) is 40.0 Å². The van der Waals surface area contributed by atoms with E-state index in [-0.39, 0.29) is 5.41 Å². The molecule has 1 aliphatic carbocycles. The molecule has 0 saturated heterocycles. The highest BCUT2D eigenvalue weighted by atomic mass is 16.1. The van der Waals surface area contributed by atoms with E-state index in [4.69, 9.17) is 0 Å². The smallest absolute Gasteiger partial charge is 0.139 e. The largest absolute Gasteiger partial charge is 0.299 e. The van der Waals surface area contributed by atoms with E-state index in [1.807, 2.05) is 32.5 Å². The number of hydrogen-bond acceptors (Lipinski definition) is 2. The van der Waals surface area contributed by atoms with Crippen molar-refractivity contribution in [3.63, 3.8) is 0 Å². The summed E-state index contributed by atoms with van der Waals surface area (Å²) >= 11 is 0. The predicted octanol–water partition coefficient (Wildman–Crippen LogP) is 2.12. The third-order valence-corrected chi connectivity index (χ3v) is 3.89. The highest BCUT2D eigenvalue weighted by Gasteiger charge is 2.49. The summed E-state index contributed by atoms with van der Waals surface area (Å²) < 4.78 is 1.91. The lowest BCUT2D eigenvalue weighted by Crippen LogP contribution is -2.43. The molecule has 3 nitrogen and oxygen atoms in total. The van der Waals surface area contributed by atoms with Crippen LogP contribution in [0.3, 0.4) is 0 Å². The van der Waals surface area contributed by atoms with Gasteiger partial charge in [0.1, 0.15) is 5.78 Å². The Morgan fingerprint density at radius 1 is 1.40 bits per heavy atom. The summed E-state index contributed by atoms with van der Waals surface area (Å²) in [4.78, 5) is 11.5. The molecule has 1 aromatic heterocycles. The fourth-order valence-corrected chi connectivity index (χ4v) is 2.52. The van der Waals surface area contributed by atoms with Gasteiger partial charge < -0.3 is 0 Å². The van der Waals surface area contributed by atoms with Crippen molar-refractivity contribution in [3.8, 4) is 0 Å². The van der Waals surface area contributed by atoms with Crippen molar-refractivity contribution in [3.05, 3.63) is 17.0 Å². The molecular formula is C12H18N2O. The molecular weight excluding hydrogens is 188 g/mol. The lowest BCUT2D eigenvalue weighted by Gasteiger charge is -2.42. The molecule has 1 unspecified atom stereocenters. The Balaban J connectivity index is 2.44. The van der Waals surface area contributed by atoms with Gasteiger partial charge >= 0.3 is 0 Å². The summed E-state index contributed by atoms with van der Waals surface area (Å²) in [6, 6.07) is 0. The third-order valence-electron chi connectivity index (χ3n) is 3.89. The van der Waals surface area contributed by atoms with E-state index in [9.17, 15) is 4.79 Å². The minimum atomic E-state index is -0.196. The SMILES string of the molecule is Cc1nn(C)c(C)c1C1CC(=O)C1(C)C. The quantitative estimate of drug-likeness (QED) is 0.705. The maximum Gasteiger partial charge on any atom is 0.139 e. The van der Waals surface area contributed by atoms with Crippen LogP contribution >= 0.6 is 0 Å². The second-order valence-electron chi connectivity index (χ2n) is 5.11. The van der Waals surface area contributed by atoms with Crippen LogP contribution in [-0.4, -0.2) is 15.6 Å². The molecule has 0 radical (unpaired) electrons. The Kier molecular flexibility index (Phi) is 2.04. The normalized spacial score (nSPS) is 24.1. The van der Waals surface area contributed by atoms with Gasteiger partial charge in [-0.1, -0.05) is 13.8 Å². The van der Waals surface area contributed by atoms with Gasteiger partial charge in [-0.15, -0.1) is 0 Å². The van der Waals surface area contributed by atoms with E-state index >= 15 is 0 Å². The average Bonchev–Trinajstić information content (AvgIpc) is 2.39. The van der Waals surface area contributed by atoms with Crippen molar-refractivity contribution in [1.29, 1.82) is 0 Å². The first-order chi connectivity index (χ1) is 6.85. The van der Waals surface area contributed by atoms with Crippen LogP contribution in [0.5, 0.6) is 0 Å². The van der Waals surface area contributed by atoms with Crippen LogP contribution in [0.4, 0.5) is 0 Å². The van der Waals surface area contributed by atoms with Crippen molar-refractivity contribution >= 4 is 5.78 Å². The molecule has 0 aromatic carbocycles. The number of carbonyl (C=O) groups is 1. The molecule has 1 aliphatic rings. The summed E-state index contributed by atoms with van der Waals surface area (Å²) in [7, 11) is 1.96. The molecule has 0 spiro atoms. The Bertz CT molecular complexity index is 429. The zero-order chi connectivity index (χ0) is 11.4. The number of aromatic nitrogens is 2. The van der Waals surface area contributed by atoms with Gasteiger partial charge in [-0.25, -0.2) is 0 Å². The lowest BCUT2D eigenvalue weighted by atomic mass is 9.58. The molecule has 2 rings (SSSR count). The molecule has 1 heterocycles.